The summed E-state index contributed by atoms with van der Waals surface area (Å²) < 4.78 is 5.37. The van der Waals surface area contributed by atoms with Crippen molar-refractivity contribution in [1.29, 1.82) is 0 Å². The summed E-state index contributed by atoms with van der Waals surface area (Å²) in [6.45, 7) is 12.7. The van der Waals surface area contributed by atoms with E-state index in [4.69, 9.17) is 10.5 Å². The van der Waals surface area contributed by atoms with E-state index in [0.29, 0.717) is 5.92 Å². The van der Waals surface area contributed by atoms with Crippen LogP contribution in [0.3, 0.4) is 0 Å². The molecule has 1 saturated heterocycles. The van der Waals surface area contributed by atoms with Crippen molar-refractivity contribution >= 4 is 0 Å². The van der Waals surface area contributed by atoms with Gasteiger partial charge in [0, 0.05) is 24.7 Å². The lowest BCUT2D eigenvalue weighted by molar-refractivity contribution is -0.0207. The van der Waals surface area contributed by atoms with Crippen LogP contribution in [0, 0.1) is 5.92 Å². The molecule has 15 heavy (non-hydrogen) atoms. The Morgan fingerprint density at radius 2 is 1.80 bits per heavy atom. The molecule has 90 valence electrons. The monoisotopic (exact) mass is 214 g/mol. The predicted octanol–water partition coefficient (Wildman–Crippen LogP) is 1.47. The van der Waals surface area contributed by atoms with Crippen molar-refractivity contribution in [2.75, 3.05) is 26.3 Å². The Bertz CT molecular complexity index is 186. The second-order valence-corrected chi connectivity index (χ2v) is 5.49. The van der Waals surface area contributed by atoms with E-state index in [2.05, 4.69) is 32.6 Å². The van der Waals surface area contributed by atoms with Crippen LogP contribution in [-0.2, 0) is 4.74 Å². The van der Waals surface area contributed by atoms with E-state index in [-0.39, 0.29) is 11.6 Å². The molecule has 0 spiro atoms. The quantitative estimate of drug-likeness (QED) is 0.770. The lowest BCUT2D eigenvalue weighted by Gasteiger charge is -2.45. The first-order chi connectivity index (χ1) is 6.94. The first-order valence-electron chi connectivity index (χ1n) is 6.03. The highest BCUT2D eigenvalue weighted by atomic mass is 16.5. The van der Waals surface area contributed by atoms with E-state index in [1.807, 2.05) is 0 Å². The first kappa shape index (κ1) is 12.9. The zero-order valence-electron chi connectivity index (χ0n) is 10.6. The summed E-state index contributed by atoms with van der Waals surface area (Å²) in [6.07, 6.45) is 1.09. The minimum atomic E-state index is 0.0913. The number of nitrogens with zero attached hydrogens (tertiary/aromatic N) is 1. The molecule has 0 saturated carbocycles. The van der Waals surface area contributed by atoms with Gasteiger partial charge < -0.3 is 10.5 Å². The van der Waals surface area contributed by atoms with E-state index in [9.17, 15) is 0 Å². The summed E-state index contributed by atoms with van der Waals surface area (Å²) in [5.41, 5.74) is 6.39. The average Bonchev–Trinajstić information content (AvgIpc) is 2.18. The van der Waals surface area contributed by atoms with E-state index < -0.39 is 0 Å². The van der Waals surface area contributed by atoms with Gasteiger partial charge in [-0.25, -0.2) is 0 Å². The summed E-state index contributed by atoms with van der Waals surface area (Å²) in [7, 11) is 0. The molecule has 3 heteroatoms. The Kier molecular flexibility index (Phi) is 4.56. The lowest BCUT2D eigenvalue weighted by atomic mass is 9.87. The van der Waals surface area contributed by atoms with Crippen LogP contribution < -0.4 is 5.73 Å². The normalized spacial score (nSPS) is 22.0. The molecule has 1 rings (SSSR count). The highest BCUT2D eigenvalue weighted by molar-refractivity contribution is 4.92. The Morgan fingerprint density at radius 1 is 1.27 bits per heavy atom. The SMILES string of the molecule is CC(C)CC(N)C(C)(C)N1CCOCC1. The van der Waals surface area contributed by atoms with Crippen LogP contribution in [0.5, 0.6) is 0 Å². The van der Waals surface area contributed by atoms with Gasteiger partial charge in [0.1, 0.15) is 0 Å². The van der Waals surface area contributed by atoms with Crippen LogP contribution in [-0.4, -0.2) is 42.8 Å². The van der Waals surface area contributed by atoms with Crippen LogP contribution in [0.4, 0.5) is 0 Å². The molecule has 3 nitrogen and oxygen atoms in total. The molecule has 0 aromatic heterocycles. The molecular weight excluding hydrogens is 188 g/mol. The highest BCUT2D eigenvalue weighted by Crippen LogP contribution is 2.23. The number of morpholine rings is 1. The van der Waals surface area contributed by atoms with Gasteiger partial charge in [0.25, 0.3) is 0 Å². The molecule has 1 atom stereocenters. The maximum absolute atomic E-state index is 6.30. The van der Waals surface area contributed by atoms with Crippen LogP contribution in [0.15, 0.2) is 0 Å². The van der Waals surface area contributed by atoms with Crippen molar-refractivity contribution in [3.63, 3.8) is 0 Å². The number of hydrogen-bond acceptors (Lipinski definition) is 3. The number of nitrogens with two attached hydrogens (primary N) is 1. The molecule has 0 aromatic rings. The van der Waals surface area contributed by atoms with Crippen LogP contribution >= 0.6 is 0 Å². The highest BCUT2D eigenvalue weighted by Gasteiger charge is 2.34. The van der Waals surface area contributed by atoms with Gasteiger partial charge in [0.05, 0.1) is 13.2 Å². The van der Waals surface area contributed by atoms with Gasteiger partial charge in [-0.05, 0) is 26.2 Å². The molecule has 2 N–H and O–H groups in total. The van der Waals surface area contributed by atoms with Crippen molar-refractivity contribution in [3.8, 4) is 0 Å². The third-order valence-electron chi connectivity index (χ3n) is 3.46. The molecule has 1 heterocycles. The fourth-order valence-electron chi connectivity index (χ4n) is 2.17. The predicted molar refractivity (Wildman–Crippen MR) is 63.9 cm³/mol. The molecule has 0 amide bonds. The lowest BCUT2D eigenvalue weighted by Crippen LogP contribution is -2.59. The Balaban J connectivity index is 2.54. The maximum atomic E-state index is 6.30. The molecule has 1 unspecified atom stereocenters. The number of ether oxygens (including phenoxy) is 1. The standard InChI is InChI=1S/C12H26N2O/c1-10(2)9-11(13)12(3,4)14-5-7-15-8-6-14/h10-11H,5-9,13H2,1-4H3. The van der Waals surface area contributed by atoms with Crippen LogP contribution in [0.1, 0.15) is 34.1 Å². The van der Waals surface area contributed by atoms with Gasteiger partial charge in [-0.3, -0.25) is 4.90 Å². The van der Waals surface area contributed by atoms with Crippen LogP contribution in [0.25, 0.3) is 0 Å². The summed E-state index contributed by atoms with van der Waals surface area (Å²) in [5.74, 6) is 0.667. The van der Waals surface area contributed by atoms with E-state index >= 15 is 0 Å². The Labute approximate surface area is 94.0 Å². The largest absolute Gasteiger partial charge is 0.379 e. The summed E-state index contributed by atoms with van der Waals surface area (Å²) in [6, 6.07) is 0.246. The number of hydrogen-bond donors (Lipinski definition) is 1. The van der Waals surface area contributed by atoms with Crippen molar-refractivity contribution in [2.24, 2.45) is 11.7 Å². The van der Waals surface area contributed by atoms with E-state index in [1.165, 1.54) is 0 Å². The zero-order chi connectivity index (χ0) is 11.5. The number of rotatable bonds is 4. The molecule has 1 aliphatic heterocycles. The van der Waals surface area contributed by atoms with Crippen molar-refractivity contribution < 1.29 is 4.74 Å². The first-order valence-corrected chi connectivity index (χ1v) is 6.03. The van der Waals surface area contributed by atoms with Crippen molar-refractivity contribution in [1.82, 2.24) is 4.90 Å². The third kappa shape index (κ3) is 3.44. The molecule has 0 radical (unpaired) electrons. The van der Waals surface area contributed by atoms with Gasteiger partial charge >= 0.3 is 0 Å². The summed E-state index contributed by atoms with van der Waals surface area (Å²) in [5, 5.41) is 0. The molecule has 0 aliphatic carbocycles. The molecule has 1 fully saturated rings. The average molecular weight is 214 g/mol. The second kappa shape index (κ2) is 5.28. The Morgan fingerprint density at radius 3 is 2.27 bits per heavy atom. The van der Waals surface area contributed by atoms with Gasteiger partial charge in [-0.2, -0.15) is 0 Å². The van der Waals surface area contributed by atoms with Crippen LogP contribution in [0.2, 0.25) is 0 Å². The summed E-state index contributed by atoms with van der Waals surface area (Å²) >= 11 is 0. The third-order valence-corrected chi connectivity index (χ3v) is 3.46. The minimum Gasteiger partial charge on any atom is -0.379 e. The minimum absolute atomic E-state index is 0.0913. The Hall–Kier alpha value is -0.120. The maximum Gasteiger partial charge on any atom is 0.0594 e. The van der Waals surface area contributed by atoms with Gasteiger partial charge in [0.2, 0.25) is 0 Å². The van der Waals surface area contributed by atoms with Gasteiger partial charge in [-0.15, -0.1) is 0 Å². The summed E-state index contributed by atoms with van der Waals surface area (Å²) in [4.78, 5) is 2.46. The topological polar surface area (TPSA) is 38.5 Å². The van der Waals surface area contributed by atoms with Gasteiger partial charge in [-0.1, -0.05) is 13.8 Å². The fourth-order valence-corrected chi connectivity index (χ4v) is 2.17. The smallest absolute Gasteiger partial charge is 0.0594 e. The molecular formula is C12H26N2O. The van der Waals surface area contributed by atoms with Gasteiger partial charge in [0.15, 0.2) is 0 Å². The fraction of sp³-hybridized carbons (Fsp3) is 1.00. The van der Waals surface area contributed by atoms with E-state index in [0.717, 1.165) is 32.7 Å². The van der Waals surface area contributed by atoms with Crippen molar-refractivity contribution in [3.05, 3.63) is 0 Å². The molecule has 0 aromatic carbocycles. The second-order valence-electron chi connectivity index (χ2n) is 5.49. The molecule has 0 bridgehead atoms. The molecule has 1 aliphatic rings. The van der Waals surface area contributed by atoms with E-state index in [1.54, 1.807) is 0 Å². The van der Waals surface area contributed by atoms with Crippen molar-refractivity contribution in [2.45, 2.75) is 45.7 Å². The zero-order valence-corrected chi connectivity index (χ0v) is 10.6.